The molecule has 5 rings (SSSR count). The largest absolute Gasteiger partial charge is 0.497 e. The van der Waals surface area contributed by atoms with E-state index in [9.17, 15) is 4.79 Å². The number of furan rings is 1. The first-order valence-corrected chi connectivity index (χ1v) is 9.45. The van der Waals surface area contributed by atoms with Gasteiger partial charge in [-0.1, -0.05) is 12.1 Å². The van der Waals surface area contributed by atoms with Crippen LogP contribution in [0, 0.1) is 5.92 Å². The molecular formula is C22H21N3O3. The Labute approximate surface area is 161 Å². The fraction of sp³-hybridized carbons (Fsp3) is 0.273. The molecule has 2 aromatic heterocycles. The van der Waals surface area contributed by atoms with Crippen LogP contribution in [0.1, 0.15) is 36.9 Å². The number of amides is 1. The minimum Gasteiger partial charge on any atom is -0.497 e. The second-order valence-electron chi connectivity index (χ2n) is 7.37. The minimum absolute atomic E-state index is 0.0380. The molecule has 0 aliphatic heterocycles. The lowest BCUT2D eigenvalue weighted by molar-refractivity contribution is -0.123. The van der Waals surface area contributed by atoms with E-state index < -0.39 is 0 Å². The molecule has 0 spiro atoms. The normalized spacial score (nSPS) is 19.6. The van der Waals surface area contributed by atoms with Gasteiger partial charge in [-0.2, -0.15) is 0 Å². The molecule has 0 saturated heterocycles. The fourth-order valence-electron chi connectivity index (χ4n) is 3.71. The Morgan fingerprint density at radius 3 is 2.96 bits per heavy atom. The topological polar surface area (TPSA) is 80.2 Å². The number of rotatable bonds is 5. The number of hydrogen-bond donors (Lipinski definition) is 2. The molecule has 1 fully saturated rings. The van der Waals surface area contributed by atoms with E-state index >= 15 is 0 Å². The number of nitrogens with zero attached hydrogens (tertiary/aromatic N) is 1. The number of carbonyl (C=O) groups is 1. The van der Waals surface area contributed by atoms with Crippen LogP contribution < -0.4 is 10.1 Å². The van der Waals surface area contributed by atoms with Crippen molar-refractivity contribution in [3.63, 3.8) is 0 Å². The summed E-state index contributed by atoms with van der Waals surface area (Å²) in [7, 11) is 1.64. The van der Waals surface area contributed by atoms with Gasteiger partial charge in [-0.15, -0.1) is 0 Å². The first-order valence-electron chi connectivity index (χ1n) is 9.45. The number of H-pyrrole nitrogens is 1. The molecular weight excluding hydrogens is 354 g/mol. The lowest BCUT2D eigenvalue weighted by Crippen LogP contribution is -2.28. The third-order valence-electron chi connectivity index (χ3n) is 5.41. The van der Waals surface area contributed by atoms with E-state index in [1.807, 2.05) is 55.5 Å². The van der Waals surface area contributed by atoms with Crippen molar-refractivity contribution >= 4 is 27.9 Å². The van der Waals surface area contributed by atoms with Crippen molar-refractivity contribution in [1.29, 1.82) is 0 Å². The smallest absolute Gasteiger partial charge is 0.224 e. The van der Waals surface area contributed by atoms with Gasteiger partial charge in [-0.25, -0.2) is 4.98 Å². The van der Waals surface area contributed by atoms with Gasteiger partial charge in [0.25, 0.3) is 0 Å². The average molecular weight is 375 g/mol. The van der Waals surface area contributed by atoms with Crippen LogP contribution in [0.5, 0.6) is 5.75 Å². The molecule has 1 saturated carbocycles. The number of benzene rings is 2. The van der Waals surface area contributed by atoms with Crippen molar-refractivity contribution in [2.75, 3.05) is 7.11 Å². The van der Waals surface area contributed by atoms with Crippen molar-refractivity contribution in [3.8, 4) is 5.75 Å². The van der Waals surface area contributed by atoms with Crippen LogP contribution in [0.3, 0.4) is 0 Å². The molecule has 2 heterocycles. The number of nitrogens with one attached hydrogen (secondary N) is 2. The van der Waals surface area contributed by atoms with Gasteiger partial charge in [-0.3, -0.25) is 4.79 Å². The molecule has 6 nitrogen and oxygen atoms in total. The highest BCUT2D eigenvalue weighted by molar-refractivity contribution is 5.84. The molecule has 1 unspecified atom stereocenters. The van der Waals surface area contributed by atoms with Crippen molar-refractivity contribution in [2.24, 2.45) is 5.92 Å². The third-order valence-corrected chi connectivity index (χ3v) is 5.41. The molecule has 2 N–H and O–H groups in total. The molecule has 2 aromatic carbocycles. The maximum Gasteiger partial charge on any atom is 0.224 e. The maximum absolute atomic E-state index is 12.7. The summed E-state index contributed by atoms with van der Waals surface area (Å²) in [6.07, 6.45) is 0.815. The van der Waals surface area contributed by atoms with Gasteiger partial charge in [0.05, 0.1) is 24.2 Å². The molecule has 6 heteroatoms. The number of aromatic amines is 1. The molecule has 1 amide bonds. The predicted octanol–water partition coefficient (Wildman–Crippen LogP) is 4.30. The predicted molar refractivity (Wildman–Crippen MR) is 106 cm³/mol. The summed E-state index contributed by atoms with van der Waals surface area (Å²) in [4.78, 5) is 20.6. The zero-order valence-electron chi connectivity index (χ0n) is 15.7. The number of hydrogen-bond acceptors (Lipinski definition) is 4. The molecule has 0 radical (unpaired) electrons. The number of carbonyl (C=O) groups excluding carboxylic acids is 1. The molecule has 4 aromatic rings. The Morgan fingerprint density at radius 1 is 1.29 bits per heavy atom. The molecule has 1 aliphatic rings. The van der Waals surface area contributed by atoms with Gasteiger partial charge in [0.1, 0.15) is 22.9 Å². The summed E-state index contributed by atoms with van der Waals surface area (Å²) in [5, 5.41) is 4.04. The number of fused-ring (bicyclic) bond motifs is 2. The summed E-state index contributed by atoms with van der Waals surface area (Å²) in [5.41, 5.74) is 2.73. The Morgan fingerprint density at radius 2 is 2.14 bits per heavy atom. The number of aromatic nitrogens is 2. The van der Waals surface area contributed by atoms with Gasteiger partial charge in [-0.05, 0) is 49.7 Å². The highest BCUT2D eigenvalue weighted by Gasteiger charge is 2.46. The number of para-hydroxylation sites is 2. The van der Waals surface area contributed by atoms with Crippen molar-refractivity contribution in [3.05, 3.63) is 60.1 Å². The highest BCUT2D eigenvalue weighted by atomic mass is 16.5. The Hall–Kier alpha value is -3.28. The Kier molecular flexibility index (Phi) is 3.86. The van der Waals surface area contributed by atoms with E-state index in [1.54, 1.807) is 7.11 Å². The van der Waals surface area contributed by atoms with Crippen LogP contribution in [0.4, 0.5) is 0 Å². The summed E-state index contributed by atoms with van der Waals surface area (Å²) in [6, 6.07) is 15.3. The summed E-state index contributed by atoms with van der Waals surface area (Å²) in [6.45, 7) is 1.94. The van der Waals surface area contributed by atoms with Crippen LogP contribution in [0.2, 0.25) is 0 Å². The fourth-order valence-corrected chi connectivity index (χ4v) is 3.71. The SMILES string of the molecule is COc1ccc2oc(C(C)NC(=O)[C@H]3C[C@@H]3c3nc4ccccc4[nH]3)cc2c1. The van der Waals surface area contributed by atoms with Gasteiger partial charge >= 0.3 is 0 Å². The van der Waals surface area contributed by atoms with Crippen molar-refractivity contribution < 1.29 is 13.9 Å². The molecule has 28 heavy (non-hydrogen) atoms. The van der Waals surface area contributed by atoms with E-state index in [1.165, 1.54) is 0 Å². The van der Waals surface area contributed by atoms with Crippen molar-refractivity contribution in [1.82, 2.24) is 15.3 Å². The van der Waals surface area contributed by atoms with Gasteiger partial charge in [0.2, 0.25) is 5.91 Å². The van der Waals surface area contributed by atoms with E-state index in [4.69, 9.17) is 9.15 Å². The van der Waals surface area contributed by atoms with E-state index in [0.717, 1.165) is 45.8 Å². The first kappa shape index (κ1) is 16.9. The average Bonchev–Trinajstić information content (AvgIpc) is 3.21. The number of imidazole rings is 1. The van der Waals surface area contributed by atoms with E-state index in [2.05, 4.69) is 15.3 Å². The van der Waals surface area contributed by atoms with Crippen molar-refractivity contribution in [2.45, 2.75) is 25.3 Å². The van der Waals surface area contributed by atoms with Gasteiger partial charge in [0.15, 0.2) is 0 Å². The third kappa shape index (κ3) is 2.91. The zero-order chi connectivity index (χ0) is 19.3. The standard InChI is InChI=1S/C22H21N3O3/c1-12(20-10-13-9-14(27-2)7-8-19(13)28-20)23-22(26)16-11-15(16)21-24-17-5-3-4-6-18(17)25-21/h3-10,12,15-16H,11H2,1-2H3,(H,23,26)(H,24,25)/t12?,15-,16-/m0/s1. The number of ether oxygens (including phenoxy) is 1. The molecule has 3 atom stereocenters. The van der Waals surface area contributed by atoms with Crippen LogP contribution in [0.25, 0.3) is 22.0 Å². The lowest BCUT2D eigenvalue weighted by atomic mass is 10.2. The summed E-state index contributed by atoms with van der Waals surface area (Å²) in [5.74, 6) is 2.55. The van der Waals surface area contributed by atoms with Gasteiger partial charge < -0.3 is 19.5 Å². The zero-order valence-corrected chi connectivity index (χ0v) is 15.7. The number of methoxy groups -OCH3 is 1. The first-order chi connectivity index (χ1) is 13.6. The summed E-state index contributed by atoms with van der Waals surface area (Å²) >= 11 is 0. The lowest BCUT2D eigenvalue weighted by Gasteiger charge is -2.11. The van der Waals surface area contributed by atoms with Gasteiger partial charge in [0, 0.05) is 17.2 Å². The Bertz CT molecular complexity index is 1140. The second kappa shape index (κ2) is 6.41. The molecule has 0 bridgehead atoms. The molecule has 1 aliphatic carbocycles. The van der Waals surface area contributed by atoms with Crippen LogP contribution in [-0.4, -0.2) is 23.0 Å². The molecule has 142 valence electrons. The van der Waals surface area contributed by atoms with Crippen LogP contribution in [0.15, 0.2) is 52.9 Å². The Balaban J connectivity index is 1.28. The minimum atomic E-state index is -0.206. The highest BCUT2D eigenvalue weighted by Crippen LogP contribution is 2.47. The van der Waals surface area contributed by atoms with E-state index in [0.29, 0.717) is 0 Å². The monoisotopic (exact) mass is 375 g/mol. The maximum atomic E-state index is 12.7. The quantitative estimate of drug-likeness (QED) is 0.545. The second-order valence-corrected chi connectivity index (χ2v) is 7.37. The van der Waals surface area contributed by atoms with E-state index in [-0.39, 0.29) is 23.8 Å². The summed E-state index contributed by atoms with van der Waals surface area (Å²) < 4.78 is 11.1. The van der Waals surface area contributed by atoms with Crippen LogP contribution >= 0.6 is 0 Å². The van der Waals surface area contributed by atoms with Crippen LogP contribution in [-0.2, 0) is 4.79 Å².